The molecule has 14 heavy (non-hydrogen) atoms. The Labute approximate surface area is 82.8 Å². The first-order valence-corrected chi connectivity index (χ1v) is 4.57. The summed E-state index contributed by atoms with van der Waals surface area (Å²) in [6.07, 6.45) is 0.417. The fourth-order valence-electron chi connectivity index (χ4n) is 1.66. The molecule has 0 aromatic heterocycles. The van der Waals surface area contributed by atoms with E-state index in [1.165, 1.54) is 0 Å². The second-order valence-electron chi connectivity index (χ2n) is 3.58. The Morgan fingerprint density at radius 3 is 3.14 bits per heavy atom. The maximum Gasteiger partial charge on any atom is 0.491 e. The van der Waals surface area contributed by atoms with E-state index < -0.39 is 7.12 Å². The van der Waals surface area contributed by atoms with Crippen LogP contribution in [0.25, 0.3) is 0 Å². The van der Waals surface area contributed by atoms with E-state index in [9.17, 15) is 9.82 Å². The first kappa shape index (κ1) is 9.43. The second-order valence-corrected chi connectivity index (χ2v) is 3.58. The van der Waals surface area contributed by atoms with Gasteiger partial charge in [-0.15, -0.1) is 0 Å². The van der Waals surface area contributed by atoms with Gasteiger partial charge in [0, 0.05) is 6.42 Å². The zero-order chi connectivity index (χ0) is 10.1. The van der Waals surface area contributed by atoms with Crippen LogP contribution >= 0.6 is 0 Å². The van der Waals surface area contributed by atoms with Gasteiger partial charge in [0.15, 0.2) is 0 Å². The number of benzene rings is 1. The zero-order valence-corrected chi connectivity index (χ0v) is 7.99. The number of ketones is 1. The van der Waals surface area contributed by atoms with Crippen molar-refractivity contribution >= 4 is 18.4 Å². The summed E-state index contributed by atoms with van der Waals surface area (Å²) >= 11 is 0. The third-order valence-corrected chi connectivity index (χ3v) is 2.33. The molecule has 0 unspecified atom stereocenters. The lowest BCUT2D eigenvalue weighted by Crippen LogP contribution is -2.28. The summed E-state index contributed by atoms with van der Waals surface area (Å²) in [7, 11) is -0.822. The van der Waals surface area contributed by atoms with E-state index in [0.29, 0.717) is 13.0 Å². The van der Waals surface area contributed by atoms with Crippen molar-refractivity contribution in [2.75, 3.05) is 0 Å². The van der Waals surface area contributed by atoms with Crippen molar-refractivity contribution < 1.29 is 14.5 Å². The summed E-state index contributed by atoms with van der Waals surface area (Å²) in [5.41, 5.74) is 2.73. The number of rotatable bonds is 2. The van der Waals surface area contributed by atoms with Crippen molar-refractivity contribution in [1.82, 2.24) is 0 Å². The van der Waals surface area contributed by atoms with Crippen molar-refractivity contribution in [2.24, 2.45) is 0 Å². The molecule has 1 aromatic rings. The number of fused-ring (bicyclic) bond motifs is 1. The van der Waals surface area contributed by atoms with Gasteiger partial charge >= 0.3 is 7.12 Å². The van der Waals surface area contributed by atoms with Crippen LogP contribution in [0.1, 0.15) is 18.1 Å². The molecule has 1 aromatic carbocycles. The molecule has 0 saturated carbocycles. The fraction of sp³-hybridized carbons (Fsp3) is 0.300. The van der Waals surface area contributed by atoms with E-state index in [1.807, 2.05) is 18.2 Å². The first-order valence-electron chi connectivity index (χ1n) is 4.57. The molecule has 0 amide bonds. The van der Waals surface area contributed by atoms with Gasteiger partial charge in [0.2, 0.25) is 0 Å². The summed E-state index contributed by atoms with van der Waals surface area (Å²) in [6.45, 7) is 2.01. The molecule has 0 spiro atoms. The van der Waals surface area contributed by atoms with Gasteiger partial charge in [0.25, 0.3) is 0 Å². The first-order chi connectivity index (χ1) is 6.66. The normalized spacial score (nSPS) is 14.3. The predicted molar refractivity (Wildman–Crippen MR) is 53.2 cm³/mol. The summed E-state index contributed by atoms with van der Waals surface area (Å²) < 4.78 is 5.05. The van der Waals surface area contributed by atoms with E-state index in [2.05, 4.69) is 0 Å². The van der Waals surface area contributed by atoms with Gasteiger partial charge in [0.1, 0.15) is 5.78 Å². The summed E-state index contributed by atoms with van der Waals surface area (Å²) in [5.74, 6) is 0.123. The average molecular weight is 190 g/mol. The maximum atomic E-state index is 10.9. The van der Waals surface area contributed by atoms with Crippen LogP contribution in [0.2, 0.25) is 0 Å². The van der Waals surface area contributed by atoms with Gasteiger partial charge in [-0.3, -0.25) is 4.79 Å². The van der Waals surface area contributed by atoms with Crippen molar-refractivity contribution in [1.29, 1.82) is 0 Å². The minimum absolute atomic E-state index is 0.123. The SMILES string of the molecule is CC(=O)Cc1ccc2c(c1)B(O)OC2. The Bertz CT molecular complexity index is 376. The average Bonchev–Trinajstić information content (AvgIpc) is 2.47. The largest absolute Gasteiger partial charge is 0.491 e. The predicted octanol–water partition coefficient (Wildman–Crippen LogP) is 0.0358. The number of carbonyl (C=O) groups excluding carboxylic acids is 1. The van der Waals surface area contributed by atoms with Gasteiger partial charge in [-0.2, -0.15) is 0 Å². The third-order valence-electron chi connectivity index (χ3n) is 2.33. The van der Waals surface area contributed by atoms with Crippen LogP contribution < -0.4 is 5.46 Å². The Hall–Kier alpha value is -1.13. The van der Waals surface area contributed by atoms with Crippen LogP contribution in [0.5, 0.6) is 0 Å². The molecule has 0 atom stereocenters. The molecule has 0 bridgehead atoms. The van der Waals surface area contributed by atoms with Gasteiger partial charge < -0.3 is 9.68 Å². The smallest absolute Gasteiger partial charge is 0.423 e. The molecule has 1 aliphatic heterocycles. The standard InChI is InChI=1S/C10H11BO3/c1-7(12)4-8-2-3-9-6-14-11(13)10(9)5-8/h2-3,5,13H,4,6H2,1H3. The van der Waals surface area contributed by atoms with Crippen LogP contribution in [0.15, 0.2) is 18.2 Å². The van der Waals surface area contributed by atoms with E-state index in [1.54, 1.807) is 6.92 Å². The minimum Gasteiger partial charge on any atom is -0.423 e. The Morgan fingerprint density at radius 1 is 1.64 bits per heavy atom. The van der Waals surface area contributed by atoms with Crippen LogP contribution in [0, 0.1) is 0 Å². The maximum absolute atomic E-state index is 10.9. The third kappa shape index (κ3) is 1.71. The van der Waals surface area contributed by atoms with Crippen molar-refractivity contribution in [3.05, 3.63) is 29.3 Å². The fourth-order valence-corrected chi connectivity index (χ4v) is 1.66. The summed E-state index contributed by atoms with van der Waals surface area (Å²) in [4.78, 5) is 10.9. The molecule has 72 valence electrons. The molecule has 1 heterocycles. The van der Waals surface area contributed by atoms with Crippen LogP contribution in [-0.2, 0) is 22.5 Å². The highest BCUT2D eigenvalue weighted by molar-refractivity contribution is 6.61. The molecule has 0 saturated heterocycles. The molecule has 4 heteroatoms. The van der Waals surface area contributed by atoms with Crippen LogP contribution in [0.4, 0.5) is 0 Å². The molecule has 1 N–H and O–H groups in total. The summed E-state index contributed by atoms with van der Waals surface area (Å²) in [5, 5.41) is 9.43. The molecule has 0 radical (unpaired) electrons. The monoisotopic (exact) mass is 190 g/mol. The molecule has 0 fully saturated rings. The molecule has 3 nitrogen and oxygen atoms in total. The molecule has 2 rings (SSSR count). The lowest BCUT2D eigenvalue weighted by Gasteiger charge is -2.02. The number of carbonyl (C=O) groups is 1. The second kappa shape index (κ2) is 3.56. The highest BCUT2D eigenvalue weighted by Crippen LogP contribution is 2.11. The minimum atomic E-state index is -0.822. The molecule has 1 aliphatic rings. The number of Topliss-reactive ketones (excluding diaryl/α,β-unsaturated/α-hetero) is 1. The molecular formula is C10H11BO3. The van der Waals surface area contributed by atoms with E-state index >= 15 is 0 Å². The number of hydrogen-bond donors (Lipinski definition) is 1. The van der Waals surface area contributed by atoms with Crippen LogP contribution in [0.3, 0.4) is 0 Å². The Kier molecular flexibility index (Phi) is 2.39. The van der Waals surface area contributed by atoms with Crippen LogP contribution in [-0.4, -0.2) is 17.9 Å². The van der Waals surface area contributed by atoms with Crippen molar-refractivity contribution in [3.63, 3.8) is 0 Å². The van der Waals surface area contributed by atoms with E-state index in [4.69, 9.17) is 4.65 Å². The van der Waals surface area contributed by atoms with E-state index in [-0.39, 0.29) is 5.78 Å². The molecular weight excluding hydrogens is 179 g/mol. The topological polar surface area (TPSA) is 46.5 Å². The van der Waals surface area contributed by atoms with Gasteiger partial charge in [-0.05, 0) is 23.5 Å². The Morgan fingerprint density at radius 2 is 2.43 bits per heavy atom. The van der Waals surface area contributed by atoms with Gasteiger partial charge in [-0.25, -0.2) is 0 Å². The summed E-state index contributed by atoms with van der Waals surface area (Å²) in [6, 6.07) is 5.65. The number of hydrogen-bond acceptors (Lipinski definition) is 3. The zero-order valence-electron chi connectivity index (χ0n) is 7.99. The van der Waals surface area contributed by atoms with Crippen molar-refractivity contribution in [3.8, 4) is 0 Å². The van der Waals surface area contributed by atoms with Gasteiger partial charge in [0.05, 0.1) is 6.61 Å². The lowest BCUT2D eigenvalue weighted by atomic mass is 9.78. The van der Waals surface area contributed by atoms with Gasteiger partial charge in [-0.1, -0.05) is 18.2 Å². The highest BCUT2D eigenvalue weighted by atomic mass is 16.5. The van der Waals surface area contributed by atoms with E-state index in [0.717, 1.165) is 16.6 Å². The quantitative estimate of drug-likeness (QED) is 0.669. The highest BCUT2D eigenvalue weighted by Gasteiger charge is 2.27. The molecule has 0 aliphatic carbocycles. The lowest BCUT2D eigenvalue weighted by molar-refractivity contribution is -0.116. The van der Waals surface area contributed by atoms with Crippen molar-refractivity contribution in [2.45, 2.75) is 20.0 Å². The Balaban J connectivity index is 2.30.